The quantitative estimate of drug-likeness (QED) is 0.488. The number of carbonyl (C=O) groups is 1. The summed E-state index contributed by atoms with van der Waals surface area (Å²) in [7, 11) is 0. The lowest BCUT2D eigenvalue weighted by atomic mass is 10.4. The zero-order valence-corrected chi connectivity index (χ0v) is 8.40. The topological polar surface area (TPSA) is 92.4 Å². The van der Waals surface area contributed by atoms with Crippen LogP contribution in [0.5, 0.6) is 0 Å². The highest BCUT2D eigenvalue weighted by Crippen LogP contribution is 2.01. The van der Waals surface area contributed by atoms with Crippen LogP contribution in [0, 0.1) is 0 Å². The number of pyridine rings is 1. The van der Waals surface area contributed by atoms with E-state index >= 15 is 0 Å². The summed E-state index contributed by atoms with van der Waals surface area (Å²) >= 11 is 0. The molecule has 80 valence electrons. The molecule has 15 heavy (non-hydrogen) atoms. The molecule has 1 aromatic heterocycles. The first kappa shape index (κ1) is 11.0. The van der Waals surface area contributed by atoms with E-state index in [1.165, 1.54) is 6.20 Å². The highest BCUT2D eigenvalue weighted by atomic mass is 16.2. The Morgan fingerprint density at radius 3 is 3.07 bits per heavy atom. The zero-order valence-electron chi connectivity index (χ0n) is 8.40. The zero-order chi connectivity index (χ0) is 11.1. The standard InChI is InChI=1S/C9H13N5O/c1-2-12-8(10)14-9(15)13-7-4-3-5-11-6-7/h3-6H,2H2,1H3,(H4,10,12,13,14,15). The van der Waals surface area contributed by atoms with Crippen LogP contribution in [-0.2, 0) is 0 Å². The number of carbonyl (C=O) groups excluding carboxylic acids is 1. The van der Waals surface area contributed by atoms with Crippen LogP contribution >= 0.6 is 0 Å². The summed E-state index contributed by atoms with van der Waals surface area (Å²) in [6.45, 7) is 2.35. The lowest BCUT2D eigenvalue weighted by Gasteiger charge is -2.05. The highest BCUT2D eigenvalue weighted by molar-refractivity contribution is 6.01. The molecule has 0 unspecified atom stereocenters. The van der Waals surface area contributed by atoms with E-state index in [0.29, 0.717) is 12.2 Å². The summed E-state index contributed by atoms with van der Waals surface area (Å²) in [6.07, 6.45) is 3.16. The number of nitrogens with two attached hydrogens (primary N) is 1. The van der Waals surface area contributed by atoms with Gasteiger partial charge in [-0.05, 0) is 19.1 Å². The number of aliphatic imine (C=N–C) groups is 1. The van der Waals surface area contributed by atoms with E-state index < -0.39 is 6.03 Å². The first-order valence-corrected chi connectivity index (χ1v) is 4.50. The van der Waals surface area contributed by atoms with E-state index in [1.807, 2.05) is 6.92 Å². The Labute approximate surface area is 87.6 Å². The number of urea groups is 1. The van der Waals surface area contributed by atoms with E-state index in [4.69, 9.17) is 5.73 Å². The molecular weight excluding hydrogens is 194 g/mol. The van der Waals surface area contributed by atoms with E-state index in [2.05, 4.69) is 20.6 Å². The van der Waals surface area contributed by atoms with Crippen molar-refractivity contribution < 1.29 is 4.79 Å². The predicted molar refractivity (Wildman–Crippen MR) is 58.6 cm³/mol. The summed E-state index contributed by atoms with van der Waals surface area (Å²) in [5.41, 5.74) is 6.00. The Bertz CT molecular complexity index is 349. The van der Waals surface area contributed by atoms with Gasteiger partial charge in [-0.15, -0.1) is 0 Å². The van der Waals surface area contributed by atoms with Crippen LogP contribution in [0.4, 0.5) is 10.5 Å². The van der Waals surface area contributed by atoms with Gasteiger partial charge in [0, 0.05) is 12.7 Å². The number of aromatic nitrogens is 1. The van der Waals surface area contributed by atoms with Crippen molar-refractivity contribution in [2.75, 3.05) is 11.9 Å². The number of anilines is 1. The maximum Gasteiger partial charge on any atom is 0.326 e. The Morgan fingerprint density at radius 2 is 2.47 bits per heavy atom. The van der Waals surface area contributed by atoms with Gasteiger partial charge >= 0.3 is 6.03 Å². The summed E-state index contributed by atoms with van der Waals surface area (Å²) in [4.78, 5) is 18.9. The van der Waals surface area contributed by atoms with Gasteiger partial charge in [0.05, 0.1) is 11.9 Å². The molecule has 4 N–H and O–H groups in total. The van der Waals surface area contributed by atoms with Crippen molar-refractivity contribution in [2.24, 2.45) is 10.7 Å². The molecule has 0 saturated heterocycles. The molecule has 0 bridgehead atoms. The minimum absolute atomic E-state index is 0.0962. The van der Waals surface area contributed by atoms with Crippen LogP contribution in [0.3, 0.4) is 0 Å². The van der Waals surface area contributed by atoms with Gasteiger partial charge in [0.1, 0.15) is 0 Å². The molecular formula is C9H13N5O. The molecule has 2 amide bonds. The SMILES string of the molecule is CCN=C(N)NC(=O)Nc1cccnc1. The first-order valence-electron chi connectivity index (χ1n) is 4.50. The number of hydrogen-bond acceptors (Lipinski definition) is 3. The van der Waals surface area contributed by atoms with Gasteiger partial charge in [0.15, 0.2) is 5.96 Å². The first-order chi connectivity index (χ1) is 7.22. The van der Waals surface area contributed by atoms with Crippen molar-refractivity contribution in [1.29, 1.82) is 0 Å². The second kappa shape index (κ2) is 5.58. The van der Waals surface area contributed by atoms with Crippen molar-refractivity contribution in [3.05, 3.63) is 24.5 Å². The molecule has 0 atom stereocenters. The minimum Gasteiger partial charge on any atom is -0.370 e. The minimum atomic E-state index is -0.433. The third-order valence-corrected chi connectivity index (χ3v) is 1.49. The second-order valence-electron chi connectivity index (χ2n) is 2.68. The average Bonchev–Trinajstić information content (AvgIpc) is 2.19. The molecule has 0 radical (unpaired) electrons. The van der Waals surface area contributed by atoms with Crippen LogP contribution in [-0.4, -0.2) is 23.5 Å². The van der Waals surface area contributed by atoms with Crippen LogP contribution in [0.1, 0.15) is 6.92 Å². The van der Waals surface area contributed by atoms with E-state index in [-0.39, 0.29) is 5.96 Å². The number of amides is 2. The van der Waals surface area contributed by atoms with E-state index in [0.717, 1.165) is 0 Å². The smallest absolute Gasteiger partial charge is 0.326 e. The monoisotopic (exact) mass is 207 g/mol. The van der Waals surface area contributed by atoms with E-state index in [9.17, 15) is 4.79 Å². The molecule has 6 nitrogen and oxygen atoms in total. The Kier molecular flexibility index (Phi) is 4.08. The van der Waals surface area contributed by atoms with Gasteiger partial charge in [-0.3, -0.25) is 15.3 Å². The number of rotatable bonds is 2. The number of hydrogen-bond donors (Lipinski definition) is 3. The lowest BCUT2D eigenvalue weighted by molar-refractivity contribution is 0.256. The van der Waals surface area contributed by atoms with Crippen LogP contribution < -0.4 is 16.4 Å². The molecule has 0 saturated carbocycles. The fourth-order valence-corrected chi connectivity index (χ4v) is 0.925. The van der Waals surface area contributed by atoms with Crippen molar-refractivity contribution in [2.45, 2.75) is 6.92 Å². The van der Waals surface area contributed by atoms with Crippen LogP contribution in [0.25, 0.3) is 0 Å². The molecule has 0 aliphatic heterocycles. The van der Waals surface area contributed by atoms with Crippen molar-refractivity contribution >= 4 is 17.7 Å². The molecule has 1 aromatic rings. The van der Waals surface area contributed by atoms with E-state index in [1.54, 1.807) is 18.3 Å². The molecule has 0 aromatic carbocycles. The lowest BCUT2D eigenvalue weighted by Crippen LogP contribution is -2.39. The van der Waals surface area contributed by atoms with Crippen molar-refractivity contribution in [3.8, 4) is 0 Å². The van der Waals surface area contributed by atoms with Gasteiger partial charge in [0.2, 0.25) is 0 Å². The predicted octanol–water partition coefficient (Wildman–Crippen LogP) is 0.538. The van der Waals surface area contributed by atoms with Gasteiger partial charge in [0.25, 0.3) is 0 Å². The molecule has 0 fully saturated rings. The third-order valence-electron chi connectivity index (χ3n) is 1.49. The largest absolute Gasteiger partial charge is 0.370 e. The molecule has 1 rings (SSSR count). The fraction of sp³-hybridized carbons (Fsp3) is 0.222. The summed E-state index contributed by atoms with van der Waals surface area (Å²) in [5, 5.41) is 4.94. The Morgan fingerprint density at radius 1 is 1.67 bits per heavy atom. The van der Waals surface area contributed by atoms with Crippen LogP contribution in [0.2, 0.25) is 0 Å². The average molecular weight is 207 g/mol. The molecule has 6 heteroatoms. The summed E-state index contributed by atoms with van der Waals surface area (Å²) in [5.74, 6) is 0.0962. The Hall–Kier alpha value is -2.11. The number of nitrogens with zero attached hydrogens (tertiary/aromatic N) is 2. The Balaban J connectivity index is 2.47. The van der Waals surface area contributed by atoms with Gasteiger partial charge in [-0.1, -0.05) is 0 Å². The molecule has 0 aliphatic rings. The molecule has 1 heterocycles. The maximum absolute atomic E-state index is 11.3. The van der Waals surface area contributed by atoms with Gasteiger partial charge in [-0.2, -0.15) is 0 Å². The van der Waals surface area contributed by atoms with Gasteiger partial charge in [-0.25, -0.2) is 4.79 Å². The third kappa shape index (κ3) is 4.08. The second-order valence-corrected chi connectivity index (χ2v) is 2.68. The number of nitrogens with one attached hydrogen (secondary N) is 2. The van der Waals surface area contributed by atoms with Crippen molar-refractivity contribution in [3.63, 3.8) is 0 Å². The highest BCUT2D eigenvalue weighted by Gasteiger charge is 2.01. The maximum atomic E-state index is 11.3. The molecule has 0 aliphatic carbocycles. The van der Waals surface area contributed by atoms with Crippen LogP contribution in [0.15, 0.2) is 29.5 Å². The fourth-order valence-electron chi connectivity index (χ4n) is 0.925. The number of guanidine groups is 1. The van der Waals surface area contributed by atoms with Crippen molar-refractivity contribution in [1.82, 2.24) is 10.3 Å². The normalized spacial score (nSPS) is 10.9. The summed E-state index contributed by atoms with van der Waals surface area (Å²) in [6, 6.07) is 3.01. The van der Waals surface area contributed by atoms with Gasteiger partial charge < -0.3 is 11.1 Å². The summed E-state index contributed by atoms with van der Waals surface area (Å²) < 4.78 is 0. The molecule has 0 spiro atoms.